The summed E-state index contributed by atoms with van der Waals surface area (Å²) in [5, 5.41) is 0.792. The Balaban J connectivity index is 1.32. The van der Waals surface area contributed by atoms with E-state index < -0.39 is 0 Å². The summed E-state index contributed by atoms with van der Waals surface area (Å²) in [6.07, 6.45) is 0. The van der Waals surface area contributed by atoms with Gasteiger partial charge in [0.1, 0.15) is 0 Å². The van der Waals surface area contributed by atoms with E-state index >= 15 is 0 Å². The number of carbonyl (C=O) groups is 2. The van der Waals surface area contributed by atoms with Crippen LogP contribution in [0.5, 0.6) is 0 Å². The molecule has 0 spiro atoms. The van der Waals surface area contributed by atoms with Crippen molar-refractivity contribution in [3.8, 4) is 0 Å². The van der Waals surface area contributed by atoms with Crippen LogP contribution < -0.4 is 4.90 Å². The molecule has 6 heteroatoms. The van der Waals surface area contributed by atoms with Crippen molar-refractivity contribution in [1.29, 1.82) is 0 Å². The van der Waals surface area contributed by atoms with E-state index in [1.54, 1.807) is 24.3 Å². The molecule has 2 aromatic carbocycles. The highest BCUT2D eigenvalue weighted by Gasteiger charge is 2.35. The largest absolute Gasteiger partial charge is 0.369 e. The summed E-state index contributed by atoms with van der Waals surface area (Å²) in [5.41, 5.74) is 3.26. The normalized spacial score (nSPS) is 17.6. The second-order valence-electron chi connectivity index (χ2n) is 7.07. The fraction of sp³-hybridized carbons (Fsp3) is 0.333. The molecule has 1 fully saturated rings. The molecule has 5 nitrogen and oxygen atoms in total. The van der Waals surface area contributed by atoms with Gasteiger partial charge in [0.25, 0.3) is 11.8 Å². The van der Waals surface area contributed by atoms with Crippen LogP contribution in [-0.2, 0) is 0 Å². The molecule has 2 aliphatic heterocycles. The van der Waals surface area contributed by atoms with Gasteiger partial charge in [-0.25, -0.2) is 0 Å². The van der Waals surface area contributed by atoms with Gasteiger partial charge in [0.2, 0.25) is 0 Å². The molecule has 140 valence electrons. The molecule has 1 saturated heterocycles. The van der Waals surface area contributed by atoms with Crippen molar-refractivity contribution in [2.24, 2.45) is 0 Å². The van der Waals surface area contributed by atoms with Crippen LogP contribution in [0.3, 0.4) is 0 Å². The van der Waals surface area contributed by atoms with Crippen LogP contribution in [0.25, 0.3) is 0 Å². The monoisotopic (exact) mass is 383 g/mol. The summed E-state index contributed by atoms with van der Waals surface area (Å²) in [6.45, 7) is 6.74. The van der Waals surface area contributed by atoms with Crippen molar-refractivity contribution in [3.05, 3.63) is 64.2 Å². The number of fused-ring (bicyclic) bond motifs is 1. The van der Waals surface area contributed by atoms with E-state index in [-0.39, 0.29) is 11.8 Å². The van der Waals surface area contributed by atoms with E-state index in [9.17, 15) is 9.59 Å². The van der Waals surface area contributed by atoms with Crippen LogP contribution in [0.15, 0.2) is 42.5 Å². The predicted molar refractivity (Wildman–Crippen MR) is 107 cm³/mol. The first-order valence-electron chi connectivity index (χ1n) is 9.23. The van der Waals surface area contributed by atoms with Crippen LogP contribution in [0, 0.1) is 6.92 Å². The maximum Gasteiger partial charge on any atom is 0.261 e. The van der Waals surface area contributed by atoms with Crippen molar-refractivity contribution < 1.29 is 9.59 Å². The number of rotatable bonds is 4. The average Bonchev–Trinajstić information content (AvgIpc) is 2.93. The highest BCUT2D eigenvalue weighted by molar-refractivity contribution is 6.31. The summed E-state index contributed by atoms with van der Waals surface area (Å²) < 4.78 is 0. The third kappa shape index (κ3) is 3.45. The Bertz CT molecular complexity index is 856. The number of hydrogen-bond donors (Lipinski definition) is 0. The Hall–Kier alpha value is -2.37. The number of aryl methyl sites for hydroxylation is 1. The minimum absolute atomic E-state index is 0.177. The van der Waals surface area contributed by atoms with Gasteiger partial charge in [-0.2, -0.15) is 0 Å². The van der Waals surface area contributed by atoms with Crippen LogP contribution in [-0.4, -0.2) is 60.9 Å². The number of halogens is 1. The molecule has 2 aromatic rings. The summed E-state index contributed by atoms with van der Waals surface area (Å²) in [6, 6.07) is 13.2. The van der Waals surface area contributed by atoms with Gasteiger partial charge in [-0.1, -0.05) is 29.8 Å². The number of carbonyl (C=O) groups excluding carboxylic acids is 2. The van der Waals surface area contributed by atoms with E-state index in [2.05, 4.69) is 15.9 Å². The van der Waals surface area contributed by atoms with Gasteiger partial charge in [-0.15, -0.1) is 0 Å². The molecule has 27 heavy (non-hydrogen) atoms. The van der Waals surface area contributed by atoms with E-state index in [0.29, 0.717) is 24.2 Å². The molecule has 0 atom stereocenters. The second-order valence-corrected chi connectivity index (χ2v) is 7.48. The van der Waals surface area contributed by atoms with E-state index in [1.165, 1.54) is 4.90 Å². The van der Waals surface area contributed by atoms with E-state index in [4.69, 9.17) is 11.6 Å². The lowest BCUT2D eigenvalue weighted by atomic mass is 10.1. The van der Waals surface area contributed by atoms with E-state index in [1.807, 2.05) is 19.1 Å². The number of anilines is 1. The third-order valence-corrected chi connectivity index (χ3v) is 5.82. The Labute approximate surface area is 164 Å². The van der Waals surface area contributed by atoms with Crippen LogP contribution in [0.4, 0.5) is 5.69 Å². The van der Waals surface area contributed by atoms with Crippen LogP contribution >= 0.6 is 11.6 Å². The summed E-state index contributed by atoms with van der Waals surface area (Å²) in [4.78, 5) is 30.9. The number of imide groups is 1. The molecule has 0 unspecified atom stereocenters. The van der Waals surface area contributed by atoms with Gasteiger partial charge in [0.05, 0.1) is 11.1 Å². The number of piperazine rings is 1. The Morgan fingerprint density at radius 2 is 1.52 bits per heavy atom. The minimum Gasteiger partial charge on any atom is -0.369 e. The number of nitrogens with zero attached hydrogens (tertiary/aromatic N) is 3. The van der Waals surface area contributed by atoms with Crippen molar-refractivity contribution in [1.82, 2.24) is 9.80 Å². The van der Waals surface area contributed by atoms with Gasteiger partial charge in [0, 0.05) is 50.0 Å². The van der Waals surface area contributed by atoms with Gasteiger partial charge >= 0.3 is 0 Å². The van der Waals surface area contributed by atoms with Gasteiger partial charge < -0.3 is 4.90 Å². The summed E-state index contributed by atoms with van der Waals surface area (Å²) >= 11 is 6.24. The van der Waals surface area contributed by atoms with Gasteiger partial charge in [0.15, 0.2) is 0 Å². The molecule has 0 aliphatic carbocycles. The van der Waals surface area contributed by atoms with Crippen molar-refractivity contribution in [2.45, 2.75) is 6.92 Å². The zero-order chi connectivity index (χ0) is 19.0. The molecule has 2 amide bonds. The van der Waals surface area contributed by atoms with Crippen molar-refractivity contribution >= 4 is 29.1 Å². The van der Waals surface area contributed by atoms with Crippen LogP contribution in [0.2, 0.25) is 5.02 Å². The molecule has 2 heterocycles. The maximum atomic E-state index is 12.4. The molecule has 0 N–H and O–H groups in total. The highest BCUT2D eigenvalue weighted by Crippen LogP contribution is 2.25. The first kappa shape index (κ1) is 18.0. The minimum atomic E-state index is -0.177. The molecule has 0 aromatic heterocycles. The molecule has 2 aliphatic rings. The van der Waals surface area contributed by atoms with Crippen molar-refractivity contribution in [3.63, 3.8) is 0 Å². The molecule has 0 radical (unpaired) electrons. The molecule has 4 rings (SSSR count). The number of hydrogen-bond acceptors (Lipinski definition) is 4. The molecular weight excluding hydrogens is 362 g/mol. The third-order valence-electron chi connectivity index (χ3n) is 5.41. The van der Waals surface area contributed by atoms with Crippen molar-refractivity contribution in [2.75, 3.05) is 44.2 Å². The van der Waals surface area contributed by atoms with Gasteiger partial charge in [-0.3, -0.25) is 19.4 Å². The van der Waals surface area contributed by atoms with E-state index in [0.717, 1.165) is 42.5 Å². The number of benzene rings is 2. The predicted octanol–water partition coefficient (Wildman–Crippen LogP) is 3.07. The molecule has 0 bridgehead atoms. The summed E-state index contributed by atoms with van der Waals surface area (Å²) in [7, 11) is 0. The SMILES string of the molecule is Cc1ccc(N2CCN(CCN3C(=O)c4ccccc4C3=O)CC2)cc1Cl. The topological polar surface area (TPSA) is 43.9 Å². The molecular formula is C21H22ClN3O2. The fourth-order valence-corrected chi connectivity index (χ4v) is 3.87. The lowest BCUT2D eigenvalue weighted by Gasteiger charge is -2.36. The first-order chi connectivity index (χ1) is 13.0. The Kier molecular flexibility index (Phi) is 4.89. The maximum absolute atomic E-state index is 12.4. The quantitative estimate of drug-likeness (QED) is 0.761. The smallest absolute Gasteiger partial charge is 0.261 e. The Morgan fingerprint density at radius 1 is 0.889 bits per heavy atom. The zero-order valence-electron chi connectivity index (χ0n) is 15.3. The van der Waals surface area contributed by atoms with Crippen LogP contribution in [0.1, 0.15) is 26.3 Å². The highest BCUT2D eigenvalue weighted by atomic mass is 35.5. The lowest BCUT2D eigenvalue weighted by molar-refractivity contribution is 0.0635. The fourth-order valence-electron chi connectivity index (χ4n) is 3.69. The average molecular weight is 384 g/mol. The summed E-state index contributed by atoms with van der Waals surface area (Å²) in [5.74, 6) is -0.355. The molecule has 0 saturated carbocycles. The standard InChI is InChI=1S/C21H22ClN3O2/c1-15-6-7-16(14-19(15)22)24-11-8-23(9-12-24)10-13-25-20(26)17-4-2-3-5-18(17)21(25)27/h2-7,14H,8-13H2,1H3. The second kappa shape index (κ2) is 7.33. The van der Waals surface area contributed by atoms with Gasteiger partial charge in [-0.05, 0) is 36.8 Å². The number of amides is 2. The Morgan fingerprint density at radius 3 is 2.11 bits per heavy atom. The zero-order valence-corrected chi connectivity index (χ0v) is 16.1. The first-order valence-corrected chi connectivity index (χ1v) is 9.61. The lowest BCUT2D eigenvalue weighted by Crippen LogP contribution is -2.49.